The van der Waals surface area contributed by atoms with Crippen LogP contribution in [0, 0.1) is 10.1 Å². The monoisotopic (exact) mass is 463 g/mol. The number of esters is 1. The van der Waals surface area contributed by atoms with E-state index in [1.54, 1.807) is 36.4 Å². The molecule has 0 saturated heterocycles. The van der Waals surface area contributed by atoms with E-state index in [1.807, 2.05) is 0 Å². The van der Waals surface area contributed by atoms with E-state index in [4.69, 9.17) is 18.9 Å². The van der Waals surface area contributed by atoms with E-state index in [1.165, 1.54) is 51.7 Å². The van der Waals surface area contributed by atoms with E-state index in [0.717, 1.165) is 6.07 Å². The molecule has 0 aromatic heterocycles. The molecule has 0 radical (unpaired) electrons. The molecule has 9 nitrogen and oxygen atoms in total. The summed E-state index contributed by atoms with van der Waals surface area (Å²) >= 11 is 0. The Morgan fingerprint density at radius 1 is 0.853 bits per heavy atom. The third-order valence-electron chi connectivity index (χ3n) is 4.78. The smallest absolute Gasteiger partial charge is 0.343 e. The molecule has 3 aromatic carbocycles. The van der Waals surface area contributed by atoms with Crippen LogP contribution < -0.4 is 18.9 Å². The highest BCUT2D eigenvalue weighted by Gasteiger charge is 2.16. The second-order valence-corrected chi connectivity index (χ2v) is 6.87. The van der Waals surface area contributed by atoms with Crippen molar-refractivity contribution in [2.24, 2.45) is 0 Å². The first-order chi connectivity index (χ1) is 16.4. The second-order valence-electron chi connectivity index (χ2n) is 6.87. The van der Waals surface area contributed by atoms with Gasteiger partial charge in [0.1, 0.15) is 11.5 Å². The maximum absolute atomic E-state index is 12.6. The number of allylic oxidation sites excluding steroid dienone is 1. The fourth-order valence-corrected chi connectivity index (χ4v) is 3.04. The Kier molecular flexibility index (Phi) is 7.60. The van der Waals surface area contributed by atoms with Gasteiger partial charge in [0.05, 0.1) is 37.4 Å². The largest absolute Gasteiger partial charge is 0.497 e. The first-order valence-corrected chi connectivity index (χ1v) is 9.95. The zero-order valence-electron chi connectivity index (χ0n) is 18.6. The standard InChI is InChI=1S/C25H21NO8/c1-31-19-9-10-20(23(15-19)32-2)21(27)11-7-16-8-12-22(24(13-16)33-3)34-25(28)17-5-4-6-18(14-17)26(29)30/h4-15H,1-3H3. The van der Waals surface area contributed by atoms with Crippen molar-refractivity contribution in [1.82, 2.24) is 0 Å². The Morgan fingerprint density at radius 3 is 2.29 bits per heavy atom. The average molecular weight is 463 g/mol. The number of non-ortho nitro benzene ring substituents is 1. The summed E-state index contributed by atoms with van der Waals surface area (Å²) < 4.78 is 21.1. The van der Waals surface area contributed by atoms with Crippen molar-refractivity contribution in [1.29, 1.82) is 0 Å². The molecular formula is C25H21NO8. The molecule has 0 amide bonds. The van der Waals surface area contributed by atoms with Crippen molar-refractivity contribution < 1.29 is 33.5 Å². The highest BCUT2D eigenvalue weighted by Crippen LogP contribution is 2.30. The number of carbonyl (C=O) groups excluding carboxylic acids is 2. The van der Waals surface area contributed by atoms with Gasteiger partial charge < -0.3 is 18.9 Å². The van der Waals surface area contributed by atoms with Crippen LogP contribution in [0.25, 0.3) is 6.08 Å². The summed E-state index contributed by atoms with van der Waals surface area (Å²) in [5.74, 6) is 0.272. The molecule has 0 aliphatic heterocycles. The predicted octanol–water partition coefficient (Wildman–Crippen LogP) is 4.74. The molecule has 9 heteroatoms. The zero-order valence-corrected chi connectivity index (χ0v) is 18.6. The number of ketones is 1. The molecule has 0 aliphatic rings. The van der Waals surface area contributed by atoms with Gasteiger partial charge in [-0.1, -0.05) is 18.2 Å². The number of nitrogens with zero attached hydrogens (tertiary/aromatic N) is 1. The molecule has 0 unspecified atom stereocenters. The minimum absolute atomic E-state index is 0.0271. The molecule has 0 aliphatic carbocycles. The summed E-state index contributed by atoms with van der Waals surface area (Å²) in [6.45, 7) is 0. The van der Waals surface area contributed by atoms with Crippen LogP contribution in [0.15, 0.2) is 66.7 Å². The maximum Gasteiger partial charge on any atom is 0.343 e. The molecule has 0 spiro atoms. The van der Waals surface area contributed by atoms with Crippen molar-refractivity contribution in [2.75, 3.05) is 21.3 Å². The second kappa shape index (κ2) is 10.8. The lowest BCUT2D eigenvalue weighted by atomic mass is 10.1. The molecule has 0 N–H and O–H groups in total. The summed E-state index contributed by atoms with van der Waals surface area (Å²) in [5.41, 5.74) is 0.793. The molecule has 34 heavy (non-hydrogen) atoms. The van der Waals surface area contributed by atoms with Crippen molar-refractivity contribution in [3.63, 3.8) is 0 Å². The molecule has 0 heterocycles. The average Bonchev–Trinajstić information content (AvgIpc) is 2.87. The number of carbonyl (C=O) groups is 2. The van der Waals surface area contributed by atoms with Crippen LogP contribution in [0.2, 0.25) is 0 Å². The molecule has 0 saturated carbocycles. The number of benzene rings is 3. The fraction of sp³-hybridized carbons (Fsp3) is 0.120. The van der Waals surface area contributed by atoms with Gasteiger partial charge in [0.2, 0.25) is 0 Å². The van der Waals surface area contributed by atoms with Gasteiger partial charge in [-0.05, 0) is 42.0 Å². The van der Waals surface area contributed by atoms with Gasteiger partial charge in [-0.25, -0.2) is 4.79 Å². The number of ether oxygens (including phenoxy) is 4. The van der Waals surface area contributed by atoms with Crippen LogP contribution in [0.3, 0.4) is 0 Å². The Balaban J connectivity index is 1.78. The topological polar surface area (TPSA) is 114 Å². The molecule has 3 rings (SSSR count). The van der Waals surface area contributed by atoms with Crippen molar-refractivity contribution in [2.45, 2.75) is 0 Å². The fourth-order valence-electron chi connectivity index (χ4n) is 3.04. The van der Waals surface area contributed by atoms with E-state index in [-0.39, 0.29) is 28.5 Å². The molecule has 174 valence electrons. The Hall–Kier alpha value is -4.66. The Labute approximate surface area is 195 Å². The number of nitro groups is 1. The van der Waals surface area contributed by atoms with Crippen molar-refractivity contribution >= 4 is 23.5 Å². The third-order valence-corrected chi connectivity index (χ3v) is 4.78. The molecule has 0 fully saturated rings. The summed E-state index contributed by atoms with van der Waals surface area (Å²) in [5, 5.41) is 10.9. The summed E-state index contributed by atoms with van der Waals surface area (Å²) in [6.07, 6.45) is 2.97. The normalized spacial score (nSPS) is 10.6. The summed E-state index contributed by atoms with van der Waals surface area (Å²) in [6, 6.07) is 14.8. The van der Waals surface area contributed by atoms with Gasteiger partial charge in [-0.2, -0.15) is 0 Å². The first kappa shape index (κ1) is 24.0. The zero-order chi connectivity index (χ0) is 24.7. The number of hydrogen-bond acceptors (Lipinski definition) is 8. The summed E-state index contributed by atoms with van der Waals surface area (Å²) in [4.78, 5) is 35.4. The minimum Gasteiger partial charge on any atom is -0.497 e. The number of nitro benzene ring substituents is 1. The van der Waals surface area contributed by atoms with Crippen LogP contribution in [0.1, 0.15) is 26.3 Å². The highest BCUT2D eigenvalue weighted by atomic mass is 16.6. The summed E-state index contributed by atoms with van der Waals surface area (Å²) in [7, 11) is 4.39. The lowest BCUT2D eigenvalue weighted by Gasteiger charge is -2.10. The Bertz CT molecular complexity index is 1270. The van der Waals surface area contributed by atoms with Crippen LogP contribution in [0.4, 0.5) is 5.69 Å². The lowest BCUT2D eigenvalue weighted by Crippen LogP contribution is -2.09. The number of methoxy groups -OCH3 is 3. The first-order valence-electron chi connectivity index (χ1n) is 9.95. The molecular weight excluding hydrogens is 442 g/mol. The highest BCUT2D eigenvalue weighted by molar-refractivity contribution is 6.08. The van der Waals surface area contributed by atoms with Crippen LogP contribution in [-0.2, 0) is 0 Å². The van der Waals surface area contributed by atoms with Gasteiger partial charge in [-0.15, -0.1) is 0 Å². The number of hydrogen-bond donors (Lipinski definition) is 0. The molecule has 0 bridgehead atoms. The van der Waals surface area contributed by atoms with E-state index >= 15 is 0 Å². The van der Waals surface area contributed by atoms with E-state index in [2.05, 4.69) is 0 Å². The minimum atomic E-state index is -0.771. The maximum atomic E-state index is 12.6. The van der Waals surface area contributed by atoms with Gasteiger partial charge in [-0.3, -0.25) is 14.9 Å². The van der Waals surface area contributed by atoms with Crippen LogP contribution >= 0.6 is 0 Å². The van der Waals surface area contributed by atoms with Gasteiger partial charge in [0, 0.05) is 18.2 Å². The predicted molar refractivity (Wildman–Crippen MR) is 124 cm³/mol. The number of rotatable bonds is 9. The molecule has 0 atom stereocenters. The van der Waals surface area contributed by atoms with Gasteiger partial charge >= 0.3 is 5.97 Å². The third kappa shape index (κ3) is 5.57. The van der Waals surface area contributed by atoms with E-state index in [0.29, 0.717) is 22.6 Å². The van der Waals surface area contributed by atoms with Crippen LogP contribution in [0.5, 0.6) is 23.0 Å². The SMILES string of the molecule is COc1ccc(C(=O)C=Cc2ccc(OC(=O)c3cccc([N+](=O)[O-])c3)c(OC)c2)c(OC)c1. The lowest BCUT2D eigenvalue weighted by molar-refractivity contribution is -0.384. The quantitative estimate of drug-likeness (QED) is 0.112. The Morgan fingerprint density at radius 2 is 1.62 bits per heavy atom. The van der Waals surface area contributed by atoms with Crippen LogP contribution in [-0.4, -0.2) is 38.0 Å². The van der Waals surface area contributed by atoms with E-state index in [9.17, 15) is 19.7 Å². The molecule has 3 aromatic rings. The van der Waals surface area contributed by atoms with Crippen molar-refractivity contribution in [3.05, 3.63) is 93.5 Å². The van der Waals surface area contributed by atoms with E-state index < -0.39 is 10.9 Å². The van der Waals surface area contributed by atoms with Crippen molar-refractivity contribution in [3.8, 4) is 23.0 Å². The van der Waals surface area contributed by atoms with Gasteiger partial charge in [0.15, 0.2) is 17.3 Å². The van der Waals surface area contributed by atoms with Gasteiger partial charge in [0.25, 0.3) is 5.69 Å².